The molecule has 2 aliphatic rings. The summed E-state index contributed by atoms with van der Waals surface area (Å²) in [6.45, 7) is 8.10. The molecule has 0 fully saturated rings. The molecule has 1 aromatic carbocycles. The Morgan fingerprint density at radius 3 is 2.70 bits per heavy atom. The predicted octanol–water partition coefficient (Wildman–Crippen LogP) is 4.12. The molecule has 2 aliphatic heterocycles. The topological polar surface area (TPSA) is 82.4 Å². The summed E-state index contributed by atoms with van der Waals surface area (Å²) in [5, 5.41) is 8.85. The highest BCUT2D eigenvalue weighted by molar-refractivity contribution is 6.31. The lowest BCUT2D eigenvalue weighted by atomic mass is 10.0. The summed E-state index contributed by atoms with van der Waals surface area (Å²) in [4.78, 5) is 12.8. The molecule has 33 heavy (non-hydrogen) atoms. The van der Waals surface area contributed by atoms with Crippen molar-refractivity contribution in [1.29, 1.82) is 0 Å². The number of nitrogens with zero attached hydrogens (tertiary/aromatic N) is 1. The number of hydrazine groups is 1. The molecule has 178 valence electrons. The largest absolute Gasteiger partial charge is 0.327 e. The minimum Gasteiger partial charge on any atom is -0.327 e. The number of alkyl halides is 1. The van der Waals surface area contributed by atoms with E-state index >= 15 is 0 Å². The second-order valence-electron chi connectivity index (χ2n) is 7.55. The maximum atomic E-state index is 12.8. The van der Waals surface area contributed by atoms with Crippen LogP contribution in [0.15, 0.2) is 84.4 Å². The average Bonchev–Trinajstić information content (AvgIpc) is 3.15. The molecular formula is C25H33Cl2N5O. The molecule has 0 aliphatic carbocycles. The Morgan fingerprint density at radius 1 is 1.30 bits per heavy atom. The van der Waals surface area contributed by atoms with E-state index in [2.05, 4.69) is 22.6 Å². The number of carbonyl (C=O) groups excluding carboxylic acids is 1. The molecule has 0 aromatic heterocycles. The Balaban J connectivity index is 0.00000122. The smallest absolute Gasteiger partial charge is 0.273 e. The Labute approximate surface area is 206 Å². The van der Waals surface area contributed by atoms with Crippen molar-refractivity contribution in [2.45, 2.75) is 38.9 Å². The first kappa shape index (κ1) is 26.9. The van der Waals surface area contributed by atoms with Crippen LogP contribution in [0.2, 0.25) is 5.02 Å². The number of nitrogens with two attached hydrogens (primary N) is 1. The van der Waals surface area contributed by atoms with Crippen LogP contribution in [0.3, 0.4) is 0 Å². The third-order valence-corrected chi connectivity index (χ3v) is 5.18. The van der Waals surface area contributed by atoms with Gasteiger partial charge in [-0.25, -0.2) is 5.43 Å². The molecule has 0 saturated heterocycles. The molecule has 0 saturated carbocycles. The van der Waals surface area contributed by atoms with E-state index in [4.69, 9.17) is 28.9 Å². The van der Waals surface area contributed by atoms with Crippen LogP contribution in [0.4, 0.5) is 0 Å². The standard InChI is InChI=1S/C23H28ClN5O.C2H5Cl/c1-3-4-5-6-7-11-18-15-27-23(30)21-19(13-17-10-8-9-12-20(17)24)22(28-29(18)21)26-14-16(2)25;1-2-3/h3-10,12,15-16,22,26,28H,1,11,13-14,25H2,2H3,(H,27,30);2H2,1H3/b5-4-,7-6-;/t16-,22?;/m1./s1. The van der Waals surface area contributed by atoms with Gasteiger partial charge in [0.1, 0.15) is 11.9 Å². The monoisotopic (exact) mass is 489 g/mol. The van der Waals surface area contributed by atoms with Gasteiger partial charge in [-0.3, -0.25) is 15.1 Å². The van der Waals surface area contributed by atoms with E-state index in [0.717, 1.165) is 22.7 Å². The first-order valence-electron chi connectivity index (χ1n) is 10.9. The van der Waals surface area contributed by atoms with Crippen molar-refractivity contribution in [3.05, 3.63) is 95.0 Å². The number of rotatable bonds is 9. The summed E-state index contributed by atoms with van der Waals surface area (Å²) in [6.07, 6.45) is 12.2. The molecule has 0 spiro atoms. The number of nitrogens with one attached hydrogen (secondary N) is 3. The molecule has 1 aromatic rings. The van der Waals surface area contributed by atoms with Crippen LogP contribution in [0, 0.1) is 0 Å². The van der Waals surface area contributed by atoms with E-state index in [1.165, 1.54) is 0 Å². The normalized spacial score (nSPS) is 18.7. The lowest BCUT2D eigenvalue weighted by molar-refractivity contribution is -0.118. The van der Waals surface area contributed by atoms with Crippen LogP contribution >= 0.6 is 23.2 Å². The van der Waals surface area contributed by atoms with Crippen molar-refractivity contribution in [1.82, 2.24) is 21.1 Å². The van der Waals surface area contributed by atoms with Crippen LogP contribution in [0.1, 0.15) is 25.8 Å². The fourth-order valence-corrected chi connectivity index (χ4v) is 3.58. The summed E-state index contributed by atoms with van der Waals surface area (Å²) < 4.78 is 0. The van der Waals surface area contributed by atoms with E-state index in [-0.39, 0.29) is 18.1 Å². The quantitative estimate of drug-likeness (QED) is 0.309. The Kier molecular flexibility index (Phi) is 11.4. The number of hydrogen-bond acceptors (Lipinski definition) is 5. The fraction of sp³-hybridized carbons (Fsp3) is 0.320. The van der Waals surface area contributed by atoms with Crippen molar-refractivity contribution in [2.24, 2.45) is 5.73 Å². The van der Waals surface area contributed by atoms with Gasteiger partial charge in [0.2, 0.25) is 0 Å². The van der Waals surface area contributed by atoms with Gasteiger partial charge in [0.05, 0.1) is 5.70 Å². The number of allylic oxidation sites excluding steroid dienone is 5. The highest BCUT2D eigenvalue weighted by atomic mass is 35.5. The molecular weight excluding hydrogens is 457 g/mol. The summed E-state index contributed by atoms with van der Waals surface area (Å²) in [6, 6.07) is 7.67. The molecule has 5 N–H and O–H groups in total. The van der Waals surface area contributed by atoms with Crippen LogP contribution in [0.25, 0.3) is 0 Å². The Bertz CT molecular complexity index is 936. The zero-order valence-electron chi connectivity index (χ0n) is 19.2. The number of hydrogen-bond donors (Lipinski definition) is 4. The van der Waals surface area contributed by atoms with Gasteiger partial charge in [0.25, 0.3) is 5.91 Å². The fourth-order valence-electron chi connectivity index (χ4n) is 3.37. The molecule has 0 bridgehead atoms. The first-order chi connectivity index (χ1) is 15.9. The molecule has 8 heteroatoms. The van der Waals surface area contributed by atoms with Crippen LogP contribution < -0.4 is 21.8 Å². The average molecular weight is 490 g/mol. The van der Waals surface area contributed by atoms with Gasteiger partial charge < -0.3 is 11.1 Å². The van der Waals surface area contributed by atoms with Crippen LogP contribution in [0.5, 0.6) is 0 Å². The number of benzene rings is 1. The molecule has 1 unspecified atom stereocenters. The molecule has 1 amide bonds. The number of carbonyl (C=O) groups is 1. The number of fused-ring (bicyclic) bond motifs is 1. The van der Waals surface area contributed by atoms with E-state index in [1.807, 2.05) is 67.4 Å². The van der Waals surface area contributed by atoms with Crippen molar-refractivity contribution in [3.63, 3.8) is 0 Å². The zero-order chi connectivity index (χ0) is 24.2. The molecule has 6 nitrogen and oxygen atoms in total. The summed E-state index contributed by atoms with van der Waals surface area (Å²) >= 11 is 11.4. The second-order valence-corrected chi connectivity index (χ2v) is 8.50. The summed E-state index contributed by atoms with van der Waals surface area (Å²) in [7, 11) is 0. The van der Waals surface area contributed by atoms with Gasteiger partial charge in [-0.1, -0.05) is 73.7 Å². The summed E-state index contributed by atoms with van der Waals surface area (Å²) in [5.41, 5.74) is 12.8. The van der Waals surface area contributed by atoms with Gasteiger partial charge in [-0.2, -0.15) is 0 Å². The van der Waals surface area contributed by atoms with E-state index in [9.17, 15) is 4.79 Å². The lowest BCUT2D eigenvalue weighted by Crippen LogP contribution is -2.49. The van der Waals surface area contributed by atoms with Crippen molar-refractivity contribution in [2.75, 3.05) is 12.4 Å². The number of amides is 1. The van der Waals surface area contributed by atoms with Gasteiger partial charge >= 0.3 is 0 Å². The third kappa shape index (κ3) is 7.88. The molecule has 2 heterocycles. The van der Waals surface area contributed by atoms with Crippen LogP contribution in [-0.2, 0) is 11.2 Å². The minimum absolute atomic E-state index is 0.0144. The van der Waals surface area contributed by atoms with Crippen molar-refractivity contribution in [3.8, 4) is 0 Å². The van der Waals surface area contributed by atoms with Gasteiger partial charge in [0, 0.05) is 42.5 Å². The second kappa shape index (κ2) is 14.0. The van der Waals surface area contributed by atoms with E-state index in [1.54, 1.807) is 12.3 Å². The Morgan fingerprint density at radius 2 is 2.03 bits per heavy atom. The Hall–Kier alpha value is -2.35. The molecule has 3 rings (SSSR count). The SMILES string of the molecule is C=C/C=C\C=C/CC1=CNC(=O)C2=C(Cc3ccccc3Cl)C(NC[C@@H](C)N)NN12.CCCl. The maximum Gasteiger partial charge on any atom is 0.273 e. The zero-order valence-corrected chi connectivity index (χ0v) is 20.7. The minimum atomic E-state index is -0.223. The number of halogens is 2. The molecule has 2 atom stereocenters. The highest BCUT2D eigenvalue weighted by Gasteiger charge is 2.38. The van der Waals surface area contributed by atoms with E-state index in [0.29, 0.717) is 30.1 Å². The highest BCUT2D eigenvalue weighted by Crippen LogP contribution is 2.31. The summed E-state index contributed by atoms with van der Waals surface area (Å²) in [5.74, 6) is 0.578. The first-order valence-corrected chi connectivity index (χ1v) is 11.9. The van der Waals surface area contributed by atoms with Gasteiger partial charge in [0.15, 0.2) is 0 Å². The van der Waals surface area contributed by atoms with Crippen molar-refractivity contribution < 1.29 is 4.79 Å². The van der Waals surface area contributed by atoms with Gasteiger partial charge in [-0.15, -0.1) is 11.6 Å². The van der Waals surface area contributed by atoms with E-state index < -0.39 is 0 Å². The third-order valence-electron chi connectivity index (χ3n) is 4.81. The predicted molar refractivity (Wildman–Crippen MR) is 138 cm³/mol. The lowest BCUT2D eigenvalue weighted by Gasteiger charge is -2.28. The molecule has 0 radical (unpaired) electrons. The van der Waals surface area contributed by atoms with Crippen molar-refractivity contribution >= 4 is 29.1 Å². The van der Waals surface area contributed by atoms with Gasteiger partial charge in [-0.05, 0) is 24.1 Å². The maximum absolute atomic E-state index is 12.8. The van der Waals surface area contributed by atoms with Crippen LogP contribution in [-0.4, -0.2) is 35.5 Å².